The van der Waals surface area contributed by atoms with Crippen molar-refractivity contribution >= 4 is 29.9 Å². The van der Waals surface area contributed by atoms with Crippen molar-refractivity contribution in [1.29, 1.82) is 0 Å². The standard InChI is InChI=1S/C21H36N4O.HI/c1-17-13-18(2)16-25(15-17)12-8-7-11-23-21(22-3)24-14-19-9-5-6-10-20(19)26-4;/h5-6,9-10,17-18H,7-8,11-16H2,1-4H3,(H2,22,23,24);1H. The maximum atomic E-state index is 5.39. The van der Waals surface area contributed by atoms with Crippen LogP contribution < -0.4 is 15.4 Å². The summed E-state index contributed by atoms with van der Waals surface area (Å²) in [5.74, 6) is 3.43. The Morgan fingerprint density at radius 3 is 2.52 bits per heavy atom. The number of methoxy groups -OCH3 is 1. The number of guanidine groups is 1. The van der Waals surface area contributed by atoms with Gasteiger partial charge >= 0.3 is 0 Å². The van der Waals surface area contributed by atoms with Gasteiger partial charge in [0, 0.05) is 38.8 Å². The van der Waals surface area contributed by atoms with Crippen molar-refractivity contribution in [3.05, 3.63) is 29.8 Å². The summed E-state index contributed by atoms with van der Waals surface area (Å²) in [5, 5.41) is 6.77. The topological polar surface area (TPSA) is 48.9 Å². The van der Waals surface area contributed by atoms with Gasteiger partial charge in [-0.25, -0.2) is 0 Å². The van der Waals surface area contributed by atoms with Crippen molar-refractivity contribution in [2.45, 2.75) is 39.7 Å². The van der Waals surface area contributed by atoms with Crippen LogP contribution in [-0.2, 0) is 6.54 Å². The van der Waals surface area contributed by atoms with E-state index < -0.39 is 0 Å². The molecule has 0 amide bonds. The monoisotopic (exact) mass is 488 g/mol. The van der Waals surface area contributed by atoms with Crippen LogP contribution in [0.3, 0.4) is 0 Å². The van der Waals surface area contributed by atoms with Crippen molar-refractivity contribution in [2.24, 2.45) is 16.8 Å². The molecule has 6 heteroatoms. The van der Waals surface area contributed by atoms with Crippen LogP contribution in [-0.4, -0.2) is 51.2 Å². The zero-order valence-corrected chi connectivity index (χ0v) is 19.7. The van der Waals surface area contributed by atoms with E-state index in [0.717, 1.165) is 42.1 Å². The van der Waals surface area contributed by atoms with Crippen molar-refractivity contribution in [3.63, 3.8) is 0 Å². The lowest BCUT2D eigenvalue weighted by atomic mass is 9.92. The van der Waals surface area contributed by atoms with Gasteiger partial charge in [0.25, 0.3) is 0 Å². The maximum Gasteiger partial charge on any atom is 0.191 e. The predicted molar refractivity (Wildman–Crippen MR) is 125 cm³/mol. The Morgan fingerprint density at radius 2 is 1.85 bits per heavy atom. The molecule has 1 heterocycles. The molecule has 0 spiro atoms. The van der Waals surface area contributed by atoms with Gasteiger partial charge in [-0.15, -0.1) is 24.0 Å². The Hall–Kier alpha value is -1.02. The summed E-state index contributed by atoms with van der Waals surface area (Å²) >= 11 is 0. The summed E-state index contributed by atoms with van der Waals surface area (Å²) in [7, 11) is 3.52. The maximum absolute atomic E-state index is 5.39. The molecule has 1 aliphatic rings. The van der Waals surface area contributed by atoms with Crippen molar-refractivity contribution in [2.75, 3.05) is 40.3 Å². The summed E-state index contributed by atoms with van der Waals surface area (Å²) in [6.07, 6.45) is 3.77. The number of benzene rings is 1. The van der Waals surface area contributed by atoms with E-state index in [9.17, 15) is 0 Å². The van der Waals surface area contributed by atoms with Crippen LogP contribution >= 0.6 is 24.0 Å². The fourth-order valence-electron chi connectivity index (χ4n) is 3.89. The van der Waals surface area contributed by atoms with Crippen molar-refractivity contribution in [3.8, 4) is 5.75 Å². The van der Waals surface area contributed by atoms with Crippen LogP contribution in [0, 0.1) is 11.8 Å². The Morgan fingerprint density at radius 1 is 1.15 bits per heavy atom. The summed E-state index contributed by atoms with van der Waals surface area (Å²) in [4.78, 5) is 6.94. The lowest BCUT2D eigenvalue weighted by molar-refractivity contribution is 0.139. The zero-order chi connectivity index (χ0) is 18.8. The third-order valence-corrected chi connectivity index (χ3v) is 5.00. The van der Waals surface area contributed by atoms with Gasteiger partial charge in [-0.3, -0.25) is 4.99 Å². The number of aliphatic imine (C=N–C) groups is 1. The quantitative estimate of drug-likeness (QED) is 0.254. The van der Waals surface area contributed by atoms with Crippen LogP contribution in [0.15, 0.2) is 29.3 Å². The van der Waals surface area contributed by atoms with Gasteiger partial charge in [0.15, 0.2) is 5.96 Å². The molecule has 5 nitrogen and oxygen atoms in total. The average molecular weight is 488 g/mol. The Kier molecular flexibility index (Phi) is 11.7. The number of unbranched alkanes of at least 4 members (excludes halogenated alkanes) is 1. The smallest absolute Gasteiger partial charge is 0.191 e. The minimum Gasteiger partial charge on any atom is -0.496 e. The number of nitrogens with one attached hydrogen (secondary N) is 2. The highest BCUT2D eigenvalue weighted by Crippen LogP contribution is 2.21. The first-order valence-corrected chi connectivity index (χ1v) is 9.91. The first-order chi connectivity index (χ1) is 12.6. The van der Waals surface area contributed by atoms with Gasteiger partial charge in [-0.2, -0.15) is 0 Å². The first kappa shape index (κ1) is 24.0. The predicted octanol–water partition coefficient (Wildman–Crippen LogP) is 3.74. The van der Waals surface area contributed by atoms with E-state index in [0.29, 0.717) is 6.54 Å². The SMILES string of the molecule is CN=C(NCCCCN1CC(C)CC(C)C1)NCc1ccccc1OC.I. The first-order valence-electron chi connectivity index (χ1n) is 9.91. The van der Waals surface area contributed by atoms with Gasteiger partial charge in [-0.05, 0) is 43.7 Å². The number of hydrogen-bond donors (Lipinski definition) is 2. The van der Waals surface area contributed by atoms with E-state index in [-0.39, 0.29) is 24.0 Å². The van der Waals surface area contributed by atoms with Crippen LogP contribution in [0.1, 0.15) is 38.7 Å². The molecule has 0 bridgehead atoms. The second-order valence-electron chi connectivity index (χ2n) is 7.58. The van der Waals surface area contributed by atoms with Gasteiger partial charge in [0.1, 0.15) is 5.75 Å². The number of piperidine rings is 1. The minimum atomic E-state index is 0. The average Bonchev–Trinajstić information content (AvgIpc) is 2.63. The Labute approximate surface area is 182 Å². The third kappa shape index (κ3) is 8.68. The highest BCUT2D eigenvalue weighted by Gasteiger charge is 2.20. The van der Waals surface area contributed by atoms with Crippen molar-refractivity contribution < 1.29 is 4.74 Å². The molecule has 1 aliphatic heterocycles. The molecule has 1 fully saturated rings. The Bertz CT molecular complexity index is 557. The van der Waals surface area contributed by atoms with Crippen LogP contribution in [0.5, 0.6) is 5.75 Å². The lowest BCUT2D eigenvalue weighted by Gasteiger charge is -2.34. The van der Waals surface area contributed by atoms with Crippen LogP contribution in [0.4, 0.5) is 0 Å². The molecule has 1 aromatic carbocycles. The van der Waals surface area contributed by atoms with E-state index in [1.165, 1.54) is 32.5 Å². The van der Waals surface area contributed by atoms with Gasteiger partial charge < -0.3 is 20.3 Å². The molecule has 1 aromatic rings. The van der Waals surface area contributed by atoms with E-state index in [1.807, 2.05) is 25.2 Å². The third-order valence-electron chi connectivity index (χ3n) is 5.00. The fraction of sp³-hybridized carbons (Fsp3) is 0.667. The number of nitrogens with zero attached hydrogens (tertiary/aromatic N) is 2. The van der Waals surface area contributed by atoms with Gasteiger partial charge in [0.05, 0.1) is 7.11 Å². The zero-order valence-electron chi connectivity index (χ0n) is 17.3. The number of para-hydroxylation sites is 1. The lowest BCUT2D eigenvalue weighted by Crippen LogP contribution is -2.40. The molecular formula is C21H37IN4O. The van der Waals surface area contributed by atoms with Gasteiger partial charge in [0.2, 0.25) is 0 Å². The molecule has 27 heavy (non-hydrogen) atoms. The molecule has 0 radical (unpaired) electrons. The van der Waals surface area contributed by atoms with Crippen LogP contribution in [0.25, 0.3) is 0 Å². The molecule has 1 saturated heterocycles. The second kappa shape index (κ2) is 13.2. The number of halogens is 1. The minimum absolute atomic E-state index is 0. The van der Waals surface area contributed by atoms with Crippen LogP contribution in [0.2, 0.25) is 0 Å². The highest BCUT2D eigenvalue weighted by atomic mass is 127. The highest BCUT2D eigenvalue weighted by molar-refractivity contribution is 14.0. The molecule has 154 valence electrons. The Balaban J connectivity index is 0.00000364. The van der Waals surface area contributed by atoms with E-state index in [1.54, 1.807) is 7.11 Å². The number of likely N-dealkylation sites (tertiary alicyclic amines) is 1. The largest absolute Gasteiger partial charge is 0.496 e. The second-order valence-corrected chi connectivity index (χ2v) is 7.58. The normalized spacial score (nSPS) is 20.7. The molecule has 0 aromatic heterocycles. The fourth-order valence-corrected chi connectivity index (χ4v) is 3.89. The van der Waals surface area contributed by atoms with E-state index in [2.05, 4.69) is 40.4 Å². The van der Waals surface area contributed by atoms with E-state index in [4.69, 9.17) is 4.74 Å². The molecule has 0 saturated carbocycles. The molecule has 0 aliphatic carbocycles. The molecule has 2 atom stereocenters. The summed E-state index contributed by atoms with van der Waals surface area (Å²) in [5.41, 5.74) is 1.13. The summed E-state index contributed by atoms with van der Waals surface area (Å²) < 4.78 is 5.39. The molecule has 2 N–H and O–H groups in total. The molecule has 2 unspecified atom stereocenters. The summed E-state index contributed by atoms with van der Waals surface area (Å²) in [6.45, 7) is 10.1. The molecular weight excluding hydrogens is 451 g/mol. The number of hydrogen-bond acceptors (Lipinski definition) is 3. The molecule has 2 rings (SSSR count). The van der Waals surface area contributed by atoms with E-state index >= 15 is 0 Å². The summed E-state index contributed by atoms with van der Waals surface area (Å²) in [6, 6.07) is 8.06. The van der Waals surface area contributed by atoms with Gasteiger partial charge in [-0.1, -0.05) is 32.0 Å². The number of ether oxygens (including phenoxy) is 1. The van der Waals surface area contributed by atoms with Crippen molar-refractivity contribution in [1.82, 2.24) is 15.5 Å². The number of rotatable bonds is 8.